The van der Waals surface area contributed by atoms with Gasteiger partial charge in [0.25, 0.3) is 0 Å². The summed E-state index contributed by atoms with van der Waals surface area (Å²) in [4.78, 5) is 8.85. The van der Waals surface area contributed by atoms with Crippen molar-refractivity contribution in [1.82, 2.24) is 0 Å². The van der Waals surface area contributed by atoms with Crippen molar-refractivity contribution in [3.05, 3.63) is 29.3 Å². The highest BCUT2D eigenvalue weighted by atomic mass is 35.5. The van der Waals surface area contributed by atoms with Crippen LogP contribution in [-0.4, -0.2) is 9.83 Å². The second-order valence-electron chi connectivity index (χ2n) is 3.28. The van der Waals surface area contributed by atoms with E-state index in [0.717, 1.165) is 4.90 Å². The molecule has 1 N–H and O–H groups in total. The van der Waals surface area contributed by atoms with Gasteiger partial charge >= 0.3 is 8.25 Å². The van der Waals surface area contributed by atoms with Crippen molar-refractivity contribution in [1.29, 1.82) is 0 Å². The molecule has 0 heterocycles. The standard InChI is InChI=1S/C9H10ClO3PS/c1-9(2,13-14(11)12)15-8-5-3-7(10)4-6-8/h3-6H,1-2H3/p+1. The maximum absolute atomic E-state index is 10.6. The van der Waals surface area contributed by atoms with Gasteiger partial charge < -0.3 is 0 Å². The van der Waals surface area contributed by atoms with Gasteiger partial charge in [-0.15, -0.1) is 9.42 Å². The smallest absolute Gasteiger partial charge is 0.133 e. The predicted octanol–water partition coefficient (Wildman–Crippen LogP) is 3.83. The van der Waals surface area contributed by atoms with E-state index >= 15 is 0 Å². The van der Waals surface area contributed by atoms with E-state index in [1.54, 1.807) is 26.0 Å². The molecule has 0 bridgehead atoms. The zero-order chi connectivity index (χ0) is 11.5. The maximum atomic E-state index is 10.6. The Labute approximate surface area is 98.7 Å². The molecule has 0 aromatic heterocycles. The summed E-state index contributed by atoms with van der Waals surface area (Å²) in [6.07, 6.45) is 0. The average Bonchev–Trinajstić information content (AvgIpc) is 2.06. The SMILES string of the molecule is CC(C)(O[P+](=O)O)Sc1ccc(Cl)cc1. The Kier molecular flexibility index (Phi) is 4.56. The van der Waals surface area contributed by atoms with E-state index in [1.807, 2.05) is 12.1 Å². The van der Waals surface area contributed by atoms with Crippen molar-refractivity contribution >= 4 is 31.6 Å². The van der Waals surface area contributed by atoms with Gasteiger partial charge in [0.2, 0.25) is 0 Å². The van der Waals surface area contributed by atoms with E-state index in [-0.39, 0.29) is 0 Å². The molecule has 0 saturated heterocycles. The van der Waals surface area contributed by atoms with E-state index in [2.05, 4.69) is 0 Å². The van der Waals surface area contributed by atoms with Crippen molar-refractivity contribution < 1.29 is 14.0 Å². The van der Waals surface area contributed by atoms with Gasteiger partial charge in [-0.25, -0.2) is 0 Å². The van der Waals surface area contributed by atoms with E-state index in [9.17, 15) is 4.57 Å². The molecule has 1 atom stereocenters. The summed E-state index contributed by atoms with van der Waals surface area (Å²) in [5.74, 6) is 0. The number of hydrogen-bond donors (Lipinski definition) is 1. The lowest BCUT2D eigenvalue weighted by molar-refractivity contribution is 0.192. The van der Waals surface area contributed by atoms with Crippen LogP contribution in [0.2, 0.25) is 5.02 Å². The van der Waals surface area contributed by atoms with Gasteiger partial charge in [-0.05, 0) is 38.1 Å². The topological polar surface area (TPSA) is 46.5 Å². The zero-order valence-electron chi connectivity index (χ0n) is 8.31. The molecule has 15 heavy (non-hydrogen) atoms. The predicted molar refractivity (Wildman–Crippen MR) is 62.3 cm³/mol. The lowest BCUT2D eigenvalue weighted by atomic mass is 10.4. The zero-order valence-corrected chi connectivity index (χ0v) is 10.8. The van der Waals surface area contributed by atoms with Crippen molar-refractivity contribution in [3.8, 4) is 0 Å². The number of hydrogen-bond acceptors (Lipinski definition) is 3. The quantitative estimate of drug-likeness (QED) is 0.510. The fourth-order valence-corrected chi connectivity index (χ4v) is 2.68. The van der Waals surface area contributed by atoms with Gasteiger partial charge in [-0.1, -0.05) is 23.4 Å². The van der Waals surface area contributed by atoms with Crippen LogP contribution in [0.1, 0.15) is 13.8 Å². The molecule has 1 aromatic carbocycles. The average molecular weight is 266 g/mol. The van der Waals surface area contributed by atoms with Crippen LogP contribution < -0.4 is 0 Å². The highest BCUT2D eigenvalue weighted by Gasteiger charge is 2.31. The van der Waals surface area contributed by atoms with Crippen LogP contribution in [0, 0.1) is 0 Å². The molecule has 0 fully saturated rings. The molecule has 82 valence electrons. The first-order valence-corrected chi connectivity index (χ1v) is 6.51. The number of halogens is 1. The third-order valence-corrected chi connectivity index (χ3v) is 3.55. The highest BCUT2D eigenvalue weighted by Crippen LogP contribution is 2.39. The first-order chi connectivity index (χ1) is 6.89. The van der Waals surface area contributed by atoms with Crippen LogP contribution in [0.25, 0.3) is 0 Å². The summed E-state index contributed by atoms with van der Waals surface area (Å²) in [5.41, 5.74) is 0. The van der Waals surface area contributed by atoms with Gasteiger partial charge in [0, 0.05) is 14.5 Å². The first-order valence-electron chi connectivity index (χ1n) is 4.19. The van der Waals surface area contributed by atoms with Gasteiger partial charge in [0.15, 0.2) is 4.93 Å². The highest BCUT2D eigenvalue weighted by molar-refractivity contribution is 8.00. The summed E-state index contributed by atoms with van der Waals surface area (Å²) >= 11 is 7.10. The fourth-order valence-electron chi connectivity index (χ4n) is 0.993. The summed E-state index contributed by atoms with van der Waals surface area (Å²) in [5, 5.41) is 0.659. The molecule has 0 aliphatic carbocycles. The molecule has 3 nitrogen and oxygen atoms in total. The van der Waals surface area contributed by atoms with Crippen molar-refractivity contribution in [2.45, 2.75) is 23.7 Å². The molecule has 0 spiro atoms. The lowest BCUT2D eigenvalue weighted by Gasteiger charge is -2.15. The number of rotatable bonds is 4. The molecular formula is C9H11ClO3PS+. The van der Waals surface area contributed by atoms with Crippen LogP contribution >= 0.6 is 31.6 Å². The molecular weight excluding hydrogens is 255 g/mol. The minimum Gasteiger partial charge on any atom is -0.133 e. The van der Waals surface area contributed by atoms with E-state index in [1.165, 1.54) is 11.8 Å². The largest absolute Gasteiger partial charge is 0.696 e. The minimum absolute atomic E-state index is 0.659. The molecule has 0 aliphatic heterocycles. The second-order valence-corrected chi connectivity index (χ2v) is 6.04. The van der Waals surface area contributed by atoms with Crippen LogP contribution in [0.3, 0.4) is 0 Å². The van der Waals surface area contributed by atoms with Crippen LogP contribution in [0.15, 0.2) is 29.2 Å². The number of thioether (sulfide) groups is 1. The third kappa shape index (κ3) is 4.96. The fraction of sp³-hybridized carbons (Fsp3) is 0.333. The van der Waals surface area contributed by atoms with Gasteiger partial charge in [-0.2, -0.15) is 0 Å². The Morgan fingerprint density at radius 2 is 1.93 bits per heavy atom. The van der Waals surface area contributed by atoms with Crippen molar-refractivity contribution in [2.24, 2.45) is 0 Å². The molecule has 6 heteroatoms. The molecule has 1 rings (SSSR count). The third-order valence-electron chi connectivity index (χ3n) is 1.48. The monoisotopic (exact) mass is 265 g/mol. The molecule has 0 amide bonds. The van der Waals surface area contributed by atoms with Gasteiger partial charge in [0.1, 0.15) is 0 Å². The van der Waals surface area contributed by atoms with Gasteiger partial charge in [0.05, 0.1) is 0 Å². The maximum Gasteiger partial charge on any atom is 0.696 e. The number of benzene rings is 1. The Bertz CT molecular complexity index is 353. The van der Waals surface area contributed by atoms with Crippen molar-refractivity contribution in [2.75, 3.05) is 0 Å². The first kappa shape index (κ1) is 12.9. The Morgan fingerprint density at radius 3 is 2.40 bits per heavy atom. The van der Waals surface area contributed by atoms with Crippen LogP contribution in [-0.2, 0) is 9.09 Å². The molecule has 1 unspecified atom stereocenters. The second kappa shape index (κ2) is 5.28. The summed E-state index contributed by atoms with van der Waals surface area (Å²) < 4.78 is 15.4. The molecule has 1 aromatic rings. The van der Waals surface area contributed by atoms with E-state index in [4.69, 9.17) is 21.0 Å². The van der Waals surface area contributed by atoms with Gasteiger partial charge in [-0.3, -0.25) is 0 Å². The Morgan fingerprint density at radius 1 is 1.40 bits per heavy atom. The lowest BCUT2D eigenvalue weighted by Crippen LogP contribution is -2.15. The summed E-state index contributed by atoms with van der Waals surface area (Å²) in [7, 11) is -2.59. The van der Waals surface area contributed by atoms with E-state index < -0.39 is 13.2 Å². The van der Waals surface area contributed by atoms with Crippen molar-refractivity contribution in [3.63, 3.8) is 0 Å². The minimum atomic E-state index is -2.59. The normalized spacial score (nSPS) is 12.7. The summed E-state index contributed by atoms with van der Waals surface area (Å²) in [6, 6.07) is 7.20. The van der Waals surface area contributed by atoms with Crippen LogP contribution in [0.5, 0.6) is 0 Å². The molecule has 0 radical (unpaired) electrons. The van der Waals surface area contributed by atoms with E-state index in [0.29, 0.717) is 5.02 Å². The Balaban J connectivity index is 2.68. The Hall–Kier alpha value is -0.120. The molecule has 0 aliphatic rings. The molecule has 0 saturated carbocycles. The summed E-state index contributed by atoms with van der Waals surface area (Å²) in [6.45, 7) is 3.46. The van der Waals surface area contributed by atoms with Crippen LogP contribution in [0.4, 0.5) is 0 Å².